The summed E-state index contributed by atoms with van der Waals surface area (Å²) in [4.78, 5) is 23.4. The number of benzene rings is 1. The van der Waals surface area contributed by atoms with E-state index in [0.717, 1.165) is 4.47 Å². The van der Waals surface area contributed by atoms with Crippen LogP contribution in [-0.4, -0.2) is 29.1 Å². The van der Waals surface area contributed by atoms with Gasteiger partial charge in [0.25, 0.3) is 5.69 Å². The van der Waals surface area contributed by atoms with Gasteiger partial charge in [0.15, 0.2) is 0 Å². The molecule has 1 aromatic carbocycles. The molecule has 0 bridgehead atoms. The molecular formula is C12H13BrN2O4. The third-order valence-electron chi connectivity index (χ3n) is 3.32. The van der Waals surface area contributed by atoms with E-state index in [4.69, 9.17) is 5.11 Å². The van der Waals surface area contributed by atoms with Crippen LogP contribution in [-0.2, 0) is 4.79 Å². The molecule has 2 rings (SSSR count). The van der Waals surface area contributed by atoms with E-state index in [9.17, 15) is 14.9 Å². The Hall–Kier alpha value is -1.63. The van der Waals surface area contributed by atoms with Crippen LogP contribution < -0.4 is 4.90 Å². The van der Waals surface area contributed by atoms with Crippen molar-refractivity contribution < 1.29 is 14.8 Å². The largest absolute Gasteiger partial charge is 0.481 e. The van der Waals surface area contributed by atoms with Crippen molar-refractivity contribution in [3.63, 3.8) is 0 Å². The van der Waals surface area contributed by atoms with E-state index < -0.39 is 10.9 Å². The molecule has 0 spiro atoms. The number of hydrogen-bond donors (Lipinski definition) is 1. The van der Waals surface area contributed by atoms with Crippen LogP contribution in [0.1, 0.15) is 12.8 Å². The molecule has 19 heavy (non-hydrogen) atoms. The first-order valence-corrected chi connectivity index (χ1v) is 6.70. The quantitative estimate of drug-likeness (QED) is 0.681. The summed E-state index contributed by atoms with van der Waals surface area (Å²) in [5.74, 6) is -1.13. The van der Waals surface area contributed by atoms with Crippen molar-refractivity contribution in [1.82, 2.24) is 0 Å². The van der Waals surface area contributed by atoms with Crippen molar-refractivity contribution in [1.29, 1.82) is 0 Å². The SMILES string of the molecule is O=C(O)C1CCN(c2cc(Br)ccc2[N+](=O)[O-])CC1. The van der Waals surface area contributed by atoms with Gasteiger partial charge in [-0.1, -0.05) is 15.9 Å². The van der Waals surface area contributed by atoms with E-state index in [-0.39, 0.29) is 11.6 Å². The zero-order valence-electron chi connectivity index (χ0n) is 10.1. The second-order valence-corrected chi connectivity index (χ2v) is 5.41. The van der Waals surface area contributed by atoms with Gasteiger partial charge in [-0.15, -0.1) is 0 Å². The normalized spacial score (nSPS) is 16.4. The summed E-state index contributed by atoms with van der Waals surface area (Å²) in [5, 5.41) is 20.0. The third-order valence-corrected chi connectivity index (χ3v) is 3.81. The zero-order chi connectivity index (χ0) is 14.0. The van der Waals surface area contributed by atoms with Gasteiger partial charge >= 0.3 is 5.97 Å². The molecule has 0 saturated carbocycles. The number of carboxylic acids is 1. The zero-order valence-corrected chi connectivity index (χ0v) is 11.7. The topological polar surface area (TPSA) is 83.7 Å². The maximum absolute atomic E-state index is 11.0. The van der Waals surface area contributed by atoms with Crippen molar-refractivity contribution in [2.45, 2.75) is 12.8 Å². The van der Waals surface area contributed by atoms with Crippen molar-refractivity contribution in [3.05, 3.63) is 32.8 Å². The Labute approximate surface area is 118 Å². The summed E-state index contributed by atoms with van der Waals surface area (Å²) in [5.41, 5.74) is 0.597. The lowest BCUT2D eigenvalue weighted by Crippen LogP contribution is -2.36. The summed E-state index contributed by atoms with van der Waals surface area (Å²) in [6.07, 6.45) is 1.03. The molecule has 1 aliphatic rings. The molecular weight excluding hydrogens is 316 g/mol. The fourth-order valence-corrected chi connectivity index (χ4v) is 2.62. The number of nitro groups is 1. The first-order chi connectivity index (χ1) is 8.99. The van der Waals surface area contributed by atoms with Gasteiger partial charge < -0.3 is 10.0 Å². The number of hydrogen-bond acceptors (Lipinski definition) is 4. The van der Waals surface area contributed by atoms with Crippen LogP contribution in [0, 0.1) is 16.0 Å². The highest BCUT2D eigenvalue weighted by atomic mass is 79.9. The fourth-order valence-electron chi connectivity index (χ4n) is 2.27. The number of anilines is 1. The predicted molar refractivity (Wildman–Crippen MR) is 73.4 cm³/mol. The Morgan fingerprint density at radius 3 is 2.58 bits per heavy atom. The molecule has 1 heterocycles. The summed E-state index contributed by atoms with van der Waals surface area (Å²) in [6.45, 7) is 1.04. The monoisotopic (exact) mass is 328 g/mol. The smallest absolute Gasteiger partial charge is 0.306 e. The number of carbonyl (C=O) groups is 1. The highest BCUT2D eigenvalue weighted by Crippen LogP contribution is 2.33. The molecule has 102 valence electrons. The van der Waals surface area contributed by atoms with Crippen molar-refractivity contribution >= 4 is 33.3 Å². The lowest BCUT2D eigenvalue weighted by Gasteiger charge is -2.31. The molecule has 7 heteroatoms. The predicted octanol–water partition coefficient (Wildman–Crippen LogP) is 2.66. The average molecular weight is 329 g/mol. The minimum atomic E-state index is -0.789. The van der Waals surface area contributed by atoms with Crippen LogP contribution in [0.25, 0.3) is 0 Å². The highest BCUT2D eigenvalue weighted by molar-refractivity contribution is 9.10. The summed E-state index contributed by atoms with van der Waals surface area (Å²) < 4.78 is 0.772. The molecule has 0 radical (unpaired) electrons. The third kappa shape index (κ3) is 3.04. The molecule has 0 atom stereocenters. The Bertz CT molecular complexity index is 512. The Kier molecular flexibility index (Phi) is 4.04. The van der Waals surface area contributed by atoms with Crippen LogP contribution in [0.3, 0.4) is 0 Å². The van der Waals surface area contributed by atoms with Gasteiger partial charge in [0.2, 0.25) is 0 Å². The van der Waals surface area contributed by atoms with Gasteiger partial charge in [-0.2, -0.15) is 0 Å². The number of rotatable bonds is 3. The average Bonchev–Trinajstić information content (AvgIpc) is 2.38. The van der Waals surface area contributed by atoms with Gasteiger partial charge in [0.05, 0.1) is 10.8 Å². The van der Waals surface area contributed by atoms with E-state index in [2.05, 4.69) is 15.9 Å². The molecule has 0 amide bonds. The Morgan fingerprint density at radius 2 is 2.05 bits per heavy atom. The molecule has 1 saturated heterocycles. The number of nitrogens with zero attached hydrogens (tertiary/aromatic N) is 2. The molecule has 0 aliphatic carbocycles. The standard InChI is InChI=1S/C12H13BrN2O4/c13-9-1-2-10(15(18)19)11(7-9)14-5-3-8(4-6-14)12(16)17/h1-2,7-8H,3-6H2,(H,16,17). The number of nitro benzene ring substituents is 1. The summed E-state index contributed by atoms with van der Waals surface area (Å²) in [6, 6.07) is 4.80. The summed E-state index contributed by atoms with van der Waals surface area (Å²) in [7, 11) is 0. The molecule has 0 unspecified atom stereocenters. The van der Waals surface area contributed by atoms with Gasteiger partial charge in [0.1, 0.15) is 5.69 Å². The van der Waals surface area contributed by atoms with E-state index in [1.807, 2.05) is 4.90 Å². The number of halogens is 1. The van der Waals surface area contributed by atoms with E-state index in [0.29, 0.717) is 31.6 Å². The van der Waals surface area contributed by atoms with Gasteiger partial charge in [-0.25, -0.2) is 0 Å². The number of aliphatic carboxylic acids is 1. The second kappa shape index (κ2) is 5.56. The molecule has 1 fully saturated rings. The van der Waals surface area contributed by atoms with Crippen LogP contribution in [0.2, 0.25) is 0 Å². The minimum Gasteiger partial charge on any atom is -0.481 e. The first kappa shape index (κ1) is 13.8. The summed E-state index contributed by atoms with van der Waals surface area (Å²) >= 11 is 3.30. The van der Waals surface area contributed by atoms with Crippen LogP contribution in [0.5, 0.6) is 0 Å². The molecule has 1 N–H and O–H groups in total. The van der Waals surface area contributed by atoms with Crippen LogP contribution in [0.15, 0.2) is 22.7 Å². The lowest BCUT2D eigenvalue weighted by molar-refractivity contribution is -0.384. The van der Waals surface area contributed by atoms with Crippen LogP contribution in [0.4, 0.5) is 11.4 Å². The van der Waals surface area contributed by atoms with E-state index in [1.165, 1.54) is 6.07 Å². The van der Waals surface area contributed by atoms with Gasteiger partial charge in [-0.05, 0) is 25.0 Å². The van der Waals surface area contributed by atoms with Gasteiger partial charge in [-0.3, -0.25) is 14.9 Å². The maximum Gasteiger partial charge on any atom is 0.306 e. The molecule has 1 aliphatic heterocycles. The first-order valence-electron chi connectivity index (χ1n) is 5.90. The number of carboxylic acid groups (broad SMARTS) is 1. The maximum atomic E-state index is 11.0. The van der Waals surface area contributed by atoms with Crippen molar-refractivity contribution in [2.75, 3.05) is 18.0 Å². The highest BCUT2D eigenvalue weighted by Gasteiger charge is 2.28. The van der Waals surface area contributed by atoms with E-state index in [1.54, 1.807) is 12.1 Å². The number of piperidine rings is 1. The Morgan fingerprint density at radius 1 is 1.42 bits per heavy atom. The van der Waals surface area contributed by atoms with Gasteiger partial charge in [0, 0.05) is 23.6 Å². The molecule has 0 aromatic heterocycles. The van der Waals surface area contributed by atoms with E-state index >= 15 is 0 Å². The van der Waals surface area contributed by atoms with Crippen molar-refractivity contribution in [2.24, 2.45) is 5.92 Å². The fraction of sp³-hybridized carbons (Fsp3) is 0.417. The van der Waals surface area contributed by atoms with Crippen molar-refractivity contribution in [3.8, 4) is 0 Å². The molecule has 1 aromatic rings. The minimum absolute atomic E-state index is 0.0528. The lowest BCUT2D eigenvalue weighted by atomic mass is 9.96. The van der Waals surface area contributed by atoms with Crippen LogP contribution >= 0.6 is 15.9 Å². The second-order valence-electron chi connectivity index (χ2n) is 4.49. The Balaban J connectivity index is 2.21. The molecule has 6 nitrogen and oxygen atoms in total.